The van der Waals surface area contributed by atoms with Crippen LogP contribution >= 0.6 is 11.3 Å². The molecular formula is C23H22N2O4S. The van der Waals surface area contributed by atoms with Crippen molar-refractivity contribution in [3.63, 3.8) is 0 Å². The number of benzene rings is 1. The molecule has 2 aromatic heterocycles. The first-order valence-electron chi connectivity index (χ1n) is 10.2. The standard InChI is InChI=1S/C23H22N2O4S/c26-21(7-8-22(27)28)24-11-14-9-16(13-24)18-6-5-17(23(29)25(18)12-14)20-10-15-3-1-2-4-19(15)30-20/h1-6,10,14,16H,7-9,11-13H2,(H,27,28). The van der Waals surface area contributed by atoms with Crippen molar-refractivity contribution in [2.75, 3.05) is 13.1 Å². The van der Waals surface area contributed by atoms with E-state index in [9.17, 15) is 14.4 Å². The predicted octanol–water partition coefficient (Wildman–Crippen LogP) is 3.54. The first kappa shape index (κ1) is 19.1. The summed E-state index contributed by atoms with van der Waals surface area (Å²) in [6.07, 6.45) is 0.857. The van der Waals surface area contributed by atoms with Crippen LogP contribution in [0.4, 0.5) is 0 Å². The fraction of sp³-hybridized carbons (Fsp3) is 0.348. The van der Waals surface area contributed by atoms with Gasteiger partial charge in [0.05, 0.1) is 12.0 Å². The van der Waals surface area contributed by atoms with Crippen molar-refractivity contribution in [3.8, 4) is 10.4 Å². The molecule has 1 amide bonds. The van der Waals surface area contributed by atoms with Crippen LogP contribution in [-0.4, -0.2) is 39.5 Å². The number of aromatic nitrogens is 1. The van der Waals surface area contributed by atoms with E-state index in [1.807, 2.05) is 28.8 Å². The number of carbonyl (C=O) groups excluding carboxylic acids is 1. The Hall–Kier alpha value is -2.93. The molecule has 1 aromatic carbocycles. The molecule has 154 valence electrons. The molecule has 0 aliphatic carbocycles. The van der Waals surface area contributed by atoms with E-state index in [0.717, 1.165) is 27.9 Å². The minimum Gasteiger partial charge on any atom is -0.481 e. The Kier molecular flexibility index (Phi) is 4.70. The smallest absolute Gasteiger partial charge is 0.303 e. The van der Waals surface area contributed by atoms with E-state index in [1.165, 1.54) is 4.70 Å². The highest BCUT2D eigenvalue weighted by molar-refractivity contribution is 7.22. The van der Waals surface area contributed by atoms with E-state index in [-0.39, 0.29) is 36.1 Å². The molecule has 2 bridgehead atoms. The summed E-state index contributed by atoms with van der Waals surface area (Å²) in [7, 11) is 0. The summed E-state index contributed by atoms with van der Waals surface area (Å²) in [6.45, 7) is 1.75. The third kappa shape index (κ3) is 3.33. The quantitative estimate of drug-likeness (QED) is 0.697. The number of nitrogens with zero attached hydrogens (tertiary/aromatic N) is 2. The van der Waals surface area contributed by atoms with Crippen molar-refractivity contribution < 1.29 is 14.7 Å². The zero-order valence-corrected chi connectivity index (χ0v) is 17.2. The summed E-state index contributed by atoms with van der Waals surface area (Å²) >= 11 is 1.63. The van der Waals surface area contributed by atoms with Gasteiger partial charge < -0.3 is 14.6 Å². The second-order valence-electron chi connectivity index (χ2n) is 8.23. The third-order valence-corrected chi connectivity index (χ3v) is 7.35. The van der Waals surface area contributed by atoms with Crippen molar-refractivity contribution in [2.45, 2.75) is 31.7 Å². The first-order valence-corrected chi connectivity index (χ1v) is 11.0. The fourth-order valence-corrected chi connectivity index (χ4v) is 5.90. The zero-order valence-electron chi connectivity index (χ0n) is 16.4. The summed E-state index contributed by atoms with van der Waals surface area (Å²) in [5, 5.41) is 9.99. The number of pyridine rings is 1. The third-order valence-electron chi connectivity index (χ3n) is 6.20. The van der Waals surface area contributed by atoms with Crippen LogP contribution in [0.15, 0.2) is 47.3 Å². The summed E-state index contributed by atoms with van der Waals surface area (Å²) < 4.78 is 3.07. The molecule has 1 N–H and O–H groups in total. The lowest BCUT2D eigenvalue weighted by Gasteiger charge is -2.43. The number of likely N-dealkylation sites (tertiary alicyclic amines) is 1. The van der Waals surface area contributed by atoms with Crippen molar-refractivity contribution >= 4 is 33.3 Å². The SMILES string of the molecule is O=C(O)CCC(=O)N1CC2CC(C1)c1ccc(-c3cc4ccccc4s3)c(=O)n1C2. The van der Waals surface area contributed by atoms with Gasteiger partial charge in [0.1, 0.15) is 0 Å². The van der Waals surface area contributed by atoms with E-state index in [0.29, 0.717) is 19.6 Å². The lowest BCUT2D eigenvalue weighted by atomic mass is 9.82. The number of aliphatic carboxylic acids is 1. The van der Waals surface area contributed by atoms with Gasteiger partial charge >= 0.3 is 5.97 Å². The molecule has 0 spiro atoms. The Morgan fingerprint density at radius 3 is 2.70 bits per heavy atom. The van der Waals surface area contributed by atoms with Crippen LogP contribution in [0.25, 0.3) is 20.5 Å². The fourth-order valence-electron chi connectivity index (χ4n) is 4.82. The molecule has 0 radical (unpaired) electrons. The number of amides is 1. The van der Waals surface area contributed by atoms with Gasteiger partial charge in [0.15, 0.2) is 0 Å². The van der Waals surface area contributed by atoms with Gasteiger partial charge in [-0.25, -0.2) is 0 Å². The Balaban J connectivity index is 1.44. The maximum atomic E-state index is 13.3. The molecule has 2 aliphatic rings. The van der Waals surface area contributed by atoms with Gasteiger partial charge in [-0.05, 0) is 42.0 Å². The Bertz CT molecular complexity index is 1180. The largest absolute Gasteiger partial charge is 0.481 e. The Morgan fingerprint density at radius 1 is 1.07 bits per heavy atom. The maximum absolute atomic E-state index is 13.3. The van der Waals surface area contributed by atoms with Crippen LogP contribution in [0.5, 0.6) is 0 Å². The molecule has 3 aromatic rings. The zero-order chi connectivity index (χ0) is 20.8. The minimum atomic E-state index is -0.953. The van der Waals surface area contributed by atoms with Crippen LogP contribution < -0.4 is 5.56 Å². The molecule has 7 heteroatoms. The van der Waals surface area contributed by atoms with Gasteiger partial charge in [0.25, 0.3) is 5.56 Å². The molecular weight excluding hydrogens is 400 g/mol. The second kappa shape index (κ2) is 7.40. The normalized spacial score (nSPS) is 20.2. The number of carbonyl (C=O) groups is 2. The van der Waals surface area contributed by atoms with E-state index in [1.54, 1.807) is 16.2 Å². The average molecular weight is 423 g/mol. The molecule has 2 atom stereocenters. The molecule has 4 heterocycles. The van der Waals surface area contributed by atoms with E-state index in [4.69, 9.17) is 5.11 Å². The summed E-state index contributed by atoms with van der Waals surface area (Å²) in [4.78, 5) is 39.3. The van der Waals surface area contributed by atoms with Crippen LogP contribution in [0.3, 0.4) is 0 Å². The van der Waals surface area contributed by atoms with Crippen molar-refractivity contribution in [3.05, 3.63) is 58.5 Å². The first-order chi connectivity index (χ1) is 14.5. The number of thiophene rings is 1. The highest BCUT2D eigenvalue weighted by Crippen LogP contribution is 2.37. The van der Waals surface area contributed by atoms with Crippen molar-refractivity contribution in [1.82, 2.24) is 9.47 Å². The molecule has 1 saturated heterocycles. The van der Waals surface area contributed by atoms with Gasteiger partial charge in [-0.1, -0.05) is 18.2 Å². The topological polar surface area (TPSA) is 79.6 Å². The van der Waals surface area contributed by atoms with E-state index in [2.05, 4.69) is 18.2 Å². The minimum absolute atomic E-state index is 0.0342. The molecule has 30 heavy (non-hydrogen) atoms. The lowest BCUT2D eigenvalue weighted by molar-refractivity contribution is -0.141. The number of rotatable bonds is 4. The highest BCUT2D eigenvalue weighted by atomic mass is 32.1. The second-order valence-corrected chi connectivity index (χ2v) is 9.31. The summed E-state index contributed by atoms with van der Waals surface area (Å²) in [5.74, 6) is -0.716. The van der Waals surface area contributed by atoms with Crippen LogP contribution in [0.1, 0.15) is 30.9 Å². The van der Waals surface area contributed by atoms with Gasteiger partial charge in [-0.15, -0.1) is 11.3 Å². The number of hydrogen-bond acceptors (Lipinski definition) is 4. The van der Waals surface area contributed by atoms with Gasteiger partial charge in [0, 0.05) is 47.2 Å². The number of hydrogen-bond donors (Lipinski definition) is 1. The molecule has 6 nitrogen and oxygen atoms in total. The van der Waals surface area contributed by atoms with Gasteiger partial charge in [-0.2, -0.15) is 0 Å². The van der Waals surface area contributed by atoms with Gasteiger partial charge in [-0.3, -0.25) is 14.4 Å². The molecule has 0 saturated carbocycles. The van der Waals surface area contributed by atoms with E-state index < -0.39 is 5.97 Å². The summed E-state index contributed by atoms with van der Waals surface area (Å²) in [6, 6.07) is 14.2. The van der Waals surface area contributed by atoms with E-state index >= 15 is 0 Å². The molecule has 2 aliphatic heterocycles. The number of carboxylic acids is 1. The molecule has 5 rings (SSSR count). The Morgan fingerprint density at radius 2 is 1.90 bits per heavy atom. The van der Waals surface area contributed by atoms with Crippen LogP contribution in [-0.2, 0) is 16.1 Å². The molecule has 1 fully saturated rings. The Labute approximate surface area is 177 Å². The van der Waals surface area contributed by atoms with Crippen molar-refractivity contribution in [2.24, 2.45) is 5.92 Å². The lowest BCUT2D eigenvalue weighted by Crippen LogP contribution is -2.49. The number of carboxylic acid groups (broad SMARTS) is 1. The van der Waals surface area contributed by atoms with Crippen LogP contribution in [0.2, 0.25) is 0 Å². The van der Waals surface area contributed by atoms with Crippen molar-refractivity contribution in [1.29, 1.82) is 0 Å². The summed E-state index contributed by atoms with van der Waals surface area (Å²) in [5.41, 5.74) is 1.76. The van der Waals surface area contributed by atoms with Gasteiger partial charge in [0.2, 0.25) is 5.91 Å². The highest BCUT2D eigenvalue weighted by Gasteiger charge is 2.36. The number of piperidine rings is 1. The maximum Gasteiger partial charge on any atom is 0.303 e. The number of fused-ring (bicyclic) bond motifs is 5. The monoisotopic (exact) mass is 422 g/mol. The average Bonchev–Trinajstić information content (AvgIpc) is 3.16. The molecule has 2 unspecified atom stereocenters. The van der Waals surface area contributed by atoms with Crippen LogP contribution in [0, 0.1) is 5.92 Å². The predicted molar refractivity (Wildman–Crippen MR) is 116 cm³/mol.